The van der Waals surface area contributed by atoms with E-state index in [9.17, 15) is 18.0 Å². The van der Waals surface area contributed by atoms with E-state index in [-0.39, 0.29) is 24.6 Å². The number of nitrogens with zero attached hydrogens (tertiary/aromatic N) is 3. The summed E-state index contributed by atoms with van der Waals surface area (Å²) in [4.78, 5) is 20.4. The number of thiophene rings is 1. The molecule has 9 heteroatoms. The number of nitrogens with one attached hydrogen (secondary N) is 1. The molecule has 28 heavy (non-hydrogen) atoms. The predicted molar refractivity (Wildman–Crippen MR) is 105 cm³/mol. The van der Waals surface area contributed by atoms with Crippen molar-refractivity contribution in [3.05, 3.63) is 57.5 Å². The van der Waals surface area contributed by atoms with Crippen LogP contribution in [0.25, 0.3) is 0 Å². The second-order valence-corrected chi connectivity index (χ2v) is 7.45. The Labute approximate surface area is 166 Å². The molecule has 1 aromatic heterocycles. The van der Waals surface area contributed by atoms with Gasteiger partial charge in [-0.25, -0.2) is 18.2 Å². The Hall–Kier alpha value is -2.55. The van der Waals surface area contributed by atoms with Crippen molar-refractivity contribution >= 4 is 23.2 Å². The van der Waals surface area contributed by atoms with Gasteiger partial charge in [0.05, 0.1) is 0 Å². The molecule has 0 aliphatic rings. The van der Waals surface area contributed by atoms with Crippen LogP contribution < -0.4 is 5.32 Å². The van der Waals surface area contributed by atoms with Crippen molar-refractivity contribution in [3.8, 4) is 0 Å². The lowest BCUT2D eigenvalue weighted by molar-refractivity contribution is -0.127. The minimum Gasteiger partial charge on any atom is -0.356 e. The van der Waals surface area contributed by atoms with Crippen molar-refractivity contribution in [2.24, 2.45) is 4.99 Å². The molecule has 0 aliphatic heterocycles. The van der Waals surface area contributed by atoms with Gasteiger partial charge in [-0.1, -0.05) is 6.07 Å². The summed E-state index contributed by atoms with van der Waals surface area (Å²) in [5.41, 5.74) is 0.255. The Morgan fingerprint density at radius 2 is 1.86 bits per heavy atom. The van der Waals surface area contributed by atoms with Gasteiger partial charge >= 0.3 is 0 Å². The van der Waals surface area contributed by atoms with E-state index in [0.29, 0.717) is 12.5 Å². The zero-order valence-electron chi connectivity index (χ0n) is 16.0. The van der Waals surface area contributed by atoms with Gasteiger partial charge in [0.15, 0.2) is 23.4 Å². The first-order chi connectivity index (χ1) is 13.3. The van der Waals surface area contributed by atoms with Gasteiger partial charge in [-0.05, 0) is 35.6 Å². The molecule has 0 atom stereocenters. The molecule has 0 radical (unpaired) electrons. The van der Waals surface area contributed by atoms with Crippen LogP contribution in [-0.2, 0) is 17.8 Å². The monoisotopic (exact) mass is 412 g/mol. The van der Waals surface area contributed by atoms with Gasteiger partial charge in [0.25, 0.3) is 0 Å². The number of halogens is 3. The molecular weight excluding hydrogens is 389 g/mol. The molecule has 0 saturated heterocycles. The first-order valence-corrected chi connectivity index (χ1v) is 9.51. The van der Waals surface area contributed by atoms with Gasteiger partial charge in [-0.3, -0.25) is 4.79 Å². The van der Waals surface area contributed by atoms with Crippen LogP contribution in [0, 0.1) is 17.5 Å². The maximum Gasteiger partial charge on any atom is 0.243 e. The van der Waals surface area contributed by atoms with Gasteiger partial charge in [-0.2, -0.15) is 0 Å². The van der Waals surface area contributed by atoms with E-state index in [1.54, 1.807) is 37.4 Å². The summed E-state index contributed by atoms with van der Waals surface area (Å²) in [7, 11) is 4.95. The molecule has 1 N–H and O–H groups in total. The summed E-state index contributed by atoms with van der Waals surface area (Å²) in [5, 5.41) is 5.15. The van der Waals surface area contributed by atoms with Crippen molar-refractivity contribution in [2.45, 2.75) is 13.0 Å². The van der Waals surface area contributed by atoms with Crippen LogP contribution in [0.1, 0.15) is 10.4 Å². The molecule has 0 unspecified atom stereocenters. The average molecular weight is 412 g/mol. The number of aliphatic imine (C=N–C) groups is 1. The van der Waals surface area contributed by atoms with E-state index in [4.69, 9.17) is 0 Å². The second-order valence-electron chi connectivity index (χ2n) is 6.41. The highest BCUT2D eigenvalue weighted by atomic mass is 32.1. The summed E-state index contributed by atoms with van der Waals surface area (Å²) in [6.45, 7) is 0.603. The zero-order chi connectivity index (χ0) is 20.7. The minimum absolute atomic E-state index is 0.0647. The number of likely N-dealkylation sites (N-methyl/N-ethyl adjacent to an activating group) is 1. The normalized spacial score (nSPS) is 11.4. The Morgan fingerprint density at radius 3 is 2.43 bits per heavy atom. The Bertz CT molecular complexity index is 802. The van der Waals surface area contributed by atoms with E-state index in [1.165, 1.54) is 9.78 Å². The van der Waals surface area contributed by atoms with Gasteiger partial charge < -0.3 is 15.1 Å². The average Bonchev–Trinajstić information content (AvgIpc) is 3.15. The Morgan fingerprint density at radius 1 is 1.18 bits per heavy atom. The molecule has 1 amide bonds. The zero-order valence-corrected chi connectivity index (χ0v) is 16.8. The van der Waals surface area contributed by atoms with Crippen LogP contribution in [0.4, 0.5) is 13.2 Å². The molecule has 0 spiro atoms. The number of hydrogen-bond donors (Lipinski definition) is 1. The smallest absolute Gasteiger partial charge is 0.243 e. The maximum atomic E-state index is 13.5. The molecule has 1 heterocycles. The third kappa shape index (κ3) is 6.26. The number of amides is 1. The van der Waals surface area contributed by atoms with Gasteiger partial charge in [0.2, 0.25) is 5.91 Å². The maximum absolute atomic E-state index is 13.5. The summed E-state index contributed by atoms with van der Waals surface area (Å²) in [6.07, 6.45) is 0.770. The topological polar surface area (TPSA) is 47.9 Å². The minimum atomic E-state index is -1.49. The predicted octanol–water partition coefficient (Wildman–Crippen LogP) is 2.87. The fraction of sp³-hybridized carbons (Fsp3) is 0.368. The largest absolute Gasteiger partial charge is 0.356 e. The number of carbonyl (C=O) groups excluding carboxylic acids is 1. The van der Waals surface area contributed by atoms with E-state index in [0.717, 1.165) is 18.6 Å². The highest BCUT2D eigenvalue weighted by molar-refractivity contribution is 7.09. The molecule has 5 nitrogen and oxygen atoms in total. The first kappa shape index (κ1) is 21.7. The number of carbonyl (C=O) groups is 1. The third-order valence-corrected chi connectivity index (χ3v) is 4.86. The second kappa shape index (κ2) is 10.1. The number of guanidine groups is 1. The molecule has 0 fully saturated rings. The van der Waals surface area contributed by atoms with Gasteiger partial charge in [0.1, 0.15) is 6.54 Å². The van der Waals surface area contributed by atoms with Crippen LogP contribution in [0.5, 0.6) is 0 Å². The fourth-order valence-electron chi connectivity index (χ4n) is 2.40. The van der Waals surface area contributed by atoms with Crippen molar-refractivity contribution < 1.29 is 18.0 Å². The molecule has 0 aliphatic carbocycles. The number of hydrogen-bond acceptors (Lipinski definition) is 3. The SMILES string of the molecule is CN(C)C(=O)CN=C(NCCc1cccs1)N(C)Cc1cc(F)c(F)c(F)c1. The standard InChI is InChI=1S/C19H23F3N4OS/c1-25(2)17(27)11-24-19(23-7-6-14-5-4-8-28-14)26(3)12-13-9-15(20)18(22)16(21)10-13/h4-5,8-10H,6-7,11-12H2,1-3H3,(H,23,24). The van der Waals surface area contributed by atoms with E-state index >= 15 is 0 Å². The first-order valence-electron chi connectivity index (χ1n) is 8.63. The molecular formula is C19H23F3N4OS. The van der Waals surface area contributed by atoms with E-state index in [1.807, 2.05) is 17.5 Å². The molecule has 2 rings (SSSR count). The lowest BCUT2D eigenvalue weighted by atomic mass is 10.2. The summed E-state index contributed by atoms with van der Waals surface area (Å²) in [5.74, 6) is -3.74. The highest BCUT2D eigenvalue weighted by Gasteiger charge is 2.14. The number of benzene rings is 1. The van der Waals surface area contributed by atoms with Crippen LogP contribution in [0.2, 0.25) is 0 Å². The summed E-state index contributed by atoms with van der Waals surface area (Å²) >= 11 is 1.64. The highest BCUT2D eigenvalue weighted by Crippen LogP contribution is 2.15. The summed E-state index contributed by atoms with van der Waals surface area (Å²) in [6, 6.07) is 5.88. The van der Waals surface area contributed by atoms with Crippen LogP contribution >= 0.6 is 11.3 Å². The van der Waals surface area contributed by atoms with Crippen LogP contribution in [0.15, 0.2) is 34.6 Å². The molecule has 1 aromatic carbocycles. The quantitative estimate of drug-likeness (QED) is 0.432. The fourth-order valence-corrected chi connectivity index (χ4v) is 3.10. The van der Waals surface area contributed by atoms with Crippen molar-refractivity contribution in [2.75, 3.05) is 34.2 Å². The van der Waals surface area contributed by atoms with Crippen molar-refractivity contribution in [1.29, 1.82) is 0 Å². The third-order valence-electron chi connectivity index (χ3n) is 3.92. The van der Waals surface area contributed by atoms with Crippen molar-refractivity contribution in [1.82, 2.24) is 15.1 Å². The molecule has 2 aromatic rings. The Kier molecular flexibility index (Phi) is 7.86. The van der Waals surface area contributed by atoms with Crippen molar-refractivity contribution in [3.63, 3.8) is 0 Å². The summed E-state index contributed by atoms with van der Waals surface area (Å²) < 4.78 is 40.1. The lowest BCUT2D eigenvalue weighted by Gasteiger charge is -2.23. The van der Waals surface area contributed by atoms with E-state index < -0.39 is 17.5 Å². The van der Waals surface area contributed by atoms with Crippen LogP contribution in [0.3, 0.4) is 0 Å². The molecule has 0 saturated carbocycles. The Balaban J connectivity index is 2.09. The van der Waals surface area contributed by atoms with E-state index in [2.05, 4.69) is 10.3 Å². The van der Waals surface area contributed by atoms with Gasteiger partial charge in [0, 0.05) is 39.1 Å². The molecule has 152 valence electrons. The molecule has 0 bridgehead atoms. The number of rotatable bonds is 7. The van der Waals surface area contributed by atoms with Crippen LogP contribution in [-0.4, -0.2) is 55.9 Å². The van der Waals surface area contributed by atoms with Gasteiger partial charge in [-0.15, -0.1) is 11.3 Å². The lowest BCUT2D eigenvalue weighted by Crippen LogP contribution is -2.40.